The summed E-state index contributed by atoms with van der Waals surface area (Å²) >= 11 is 5.97. The number of carbonyl (C=O) groups is 2. The van der Waals surface area contributed by atoms with E-state index in [-0.39, 0.29) is 29.0 Å². The van der Waals surface area contributed by atoms with Crippen molar-refractivity contribution in [2.45, 2.75) is 6.92 Å². The summed E-state index contributed by atoms with van der Waals surface area (Å²) in [5.74, 6) is -0.755. The molecule has 0 atom stereocenters. The van der Waals surface area contributed by atoms with E-state index in [4.69, 9.17) is 16.3 Å². The van der Waals surface area contributed by atoms with E-state index in [0.29, 0.717) is 11.1 Å². The number of benzene rings is 2. The van der Waals surface area contributed by atoms with Crippen LogP contribution < -0.4 is 0 Å². The largest absolute Gasteiger partial charge is 0.488 e. The first-order valence-corrected chi connectivity index (χ1v) is 6.66. The minimum absolute atomic E-state index is 0.0538. The van der Waals surface area contributed by atoms with E-state index in [0.717, 1.165) is 10.8 Å². The lowest BCUT2D eigenvalue weighted by atomic mass is 9.90. The minimum atomic E-state index is -0.365. The maximum Gasteiger partial charge on any atom is 0.230 e. The highest BCUT2D eigenvalue weighted by Gasteiger charge is 2.32. The van der Waals surface area contributed by atoms with Gasteiger partial charge in [0.25, 0.3) is 0 Å². The van der Waals surface area contributed by atoms with E-state index in [1.807, 2.05) is 24.3 Å². The zero-order valence-corrected chi connectivity index (χ0v) is 11.5. The molecule has 3 nitrogen and oxygen atoms in total. The molecular formula is C16H11ClO3. The Balaban J connectivity index is 2.26. The van der Waals surface area contributed by atoms with Crippen molar-refractivity contribution in [2.75, 3.05) is 6.61 Å². The van der Waals surface area contributed by atoms with Crippen LogP contribution in [0, 0.1) is 0 Å². The third-order valence-electron chi connectivity index (χ3n) is 3.27. The number of halogens is 1. The van der Waals surface area contributed by atoms with Crippen molar-refractivity contribution in [3.8, 4) is 0 Å². The SMILES string of the molecule is CCOC1=C(Cl)C(=O)c2cc3ccccc3cc2C1=O. The number of hydrogen-bond acceptors (Lipinski definition) is 3. The van der Waals surface area contributed by atoms with Crippen molar-refractivity contribution in [3.05, 3.63) is 58.3 Å². The van der Waals surface area contributed by atoms with Crippen molar-refractivity contribution in [1.82, 2.24) is 0 Å². The van der Waals surface area contributed by atoms with Gasteiger partial charge in [0, 0.05) is 11.1 Å². The summed E-state index contributed by atoms with van der Waals surface area (Å²) in [6.45, 7) is 2.03. The summed E-state index contributed by atoms with van der Waals surface area (Å²) in [7, 11) is 0. The highest BCUT2D eigenvalue weighted by atomic mass is 35.5. The number of ketones is 2. The van der Waals surface area contributed by atoms with Gasteiger partial charge in [0.15, 0.2) is 5.76 Å². The van der Waals surface area contributed by atoms with E-state index in [9.17, 15) is 9.59 Å². The highest BCUT2D eigenvalue weighted by Crippen LogP contribution is 2.32. The Kier molecular flexibility index (Phi) is 3.07. The molecule has 0 saturated carbocycles. The van der Waals surface area contributed by atoms with Gasteiger partial charge in [-0.2, -0.15) is 0 Å². The second-order valence-corrected chi connectivity index (χ2v) is 4.86. The second kappa shape index (κ2) is 4.76. The molecule has 0 radical (unpaired) electrons. The summed E-state index contributed by atoms with van der Waals surface area (Å²) in [6, 6.07) is 11.0. The molecular weight excluding hydrogens is 276 g/mol. The summed E-state index contributed by atoms with van der Waals surface area (Å²) in [6.07, 6.45) is 0. The fourth-order valence-corrected chi connectivity index (χ4v) is 2.57. The molecule has 0 spiro atoms. The number of allylic oxidation sites excluding steroid dienone is 2. The van der Waals surface area contributed by atoms with E-state index in [1.54, 1.807) is 19.1 Å². The third kappa shape index (κ3) is 1.82. The lowest BCUT2D eigenvalue weighted by Crippen LogP contribution is -2.21. The van der Waals surface area contributed by atoms with Crippen LogP contribution >= 0.6 is 11.6 Å². The summed E-state index contributed by atoms with van der Waals surface area (Å²) in [5, 5.41) is 1.66. The highest BCUT2D eigenvalue weighted by molar-refractivity contribution is 6.49. The molecule has 3 rings (SSSR count). The molecule has 0 bridgehead atoms. The van der Waals surface area contributed by atoms with E-state index < -0.39 is 0 Å². The predicted octanol–water partition coefficient (Wildman–Crippen LogP) is 3.71. The lowest BCUT2D eigenvalue weighted by molar-refractivity contribution is 0.0888. The Hall–Kier alpha value is -2.13. The Morgan fingerprint density at radius 2 is 1.55 bits per heavy atom. The van der Waals surface area contributed by atoms with E-state index in [2.05, 4.69) is 0 Å². The van der Waals surface area contributed by atoms with E-state index in [1.165, 1.54) is 0 Å². The molecule has 0 N–H and O–H groups in total. The van der Waals surface area contributed by atoms with Gasteiger partial charge in [-0.25, -0.2) is 0 Å². The third-order valence-corrected chi connectivity index (χ3v) is 3.61. The van der Waals surface area contributed by atoms with Crippen molar-refractivity contribution < 1.29 is 14.3 Å². The maximum atomic E-state index is 12.4. The van der Waals surface area contributed by atoms with Gasteiger partial charge in [-0.15, -0.1) is 0 Å². The van der Waals surface area contributed by atoms with Gasteiger partial charge in [-0.3, -0.25) is 9.59 Å². The zero-order chi connectivity index (χ0) is 14.3. The van der Waals surface area contributed by atoms with Gasteiger partial charge < -0.3 is 4.74 Å². The molecule has 0 saturated heterocycles. The van der Waals surface area contributed by atoms with E-state index >= 15 is 0 Å². The Morgan fingerprint density at radius 1 is 1.00 bits per heavy atom. The normalized spacial score (nSPS) is 14.7. The number of hydrogen-bond donors (Lipinski definition) is 0. The molecule has 0 heterocycles. The summed E-state index contributed by atoms with van der Waals surface area (Å²) in [4.78, 5) is 24.7. The first-order valence-electron chi connectivity index (χ1n) is 6.28. The minimum Gasteiger partial charge on any atom is -0.488 e. The monoisotopic (exact) mass is 286 g/mol. The molecule has 0 fully saturated rings. The van der Waals surface area contributed by atoms with Crippen LogP contribution in [0.15, 0.2) is 47.2 Å². The average molecular weight is 287 g/mol. The molecule has 1 aliphatic rings. The number of carbonyl (C=O) groups excluding carboxylic acids is 2. The van der Waals surface area contributed by atoms with Crippen molar-refractivity contribution in [2.24, 2.45) is 0 Å². The van der Waals surface area contributed by atoms with Crippen LogP contribution in [0.3, 0.4) is 0 Å². The molecule has 0 aromatic heterocycles. The van der Waals surface area contributed by atoms with Gasteiger partial charge in [0.05, 0.1) is 6.61 Å². The fraction of sp³-hybridized carbons (Fsp3) is 0.125. The summed E-state index contributed by atoms with van der Waals surface area (Å²) in [5.41, 5.74) is 0.684. The van der Waals surface area contributed by atoms with Crippen LogP contribution in [-0.4, -0.2) is 18.2 Å². The number of rotatable bonds is 2. The molecule has 100 valence electrons. The zero-order valence-electron chi connectivity index (χ0n) is 10.8. The molecule has 20 heavy (non-hydrogen) atoms. The molecule has 4 heteroatoms. The maximum absolute atomic E-state index is 12.4. The predicted molar refractivity (Wildman–Crippen MR) is 77.1 cm³/mol. The van der Waals surface area contributed by atoms with Crippen LogP contribution in [0.2, 0.25) is 0 Å². The Labute approximate surface area is 120 Å². The molecule has 1 aliphatic carbocycles. The van der Waals surface area contributed by atoms with Crippen LogP contribution in [0.25, 0.3) is 10.8 Å². The van der Waals surface area contributed by atoms with Gasteiger partial charge in [-0.05, 0) is 29.8 Å². The van der Waals surface area contributed by atoms with Crippen molar-refractivity contribution in [3.63, 3.8) is 0 Å². The fourth-order valence-electron chi connectivity index (χ4n) is 2.33. The van der Waals surface area contributed by atoms with Gasteiger partial charge in [-0.1, -0.05) is 35.9 Å². The molecule has 2 aromatic rings. The van der Waals surface area contributed by atoms with Crippen molar-refractivity contribution >= 4 is 33.9 Å². The van der Waals surface area contributed by atoms with Gasteiger partial charge in [0.1, 0.15) is 5.03 Å². The lowest BCUT2D eigenvalue weighted by Gasteiger charge is -2.18. The topological polar surface area (TPSA) is 43.4 Å². The smallest absolute Gasteiger partial charge is 0.230 e. The number of fused-ring (bicyclic) bond motifs is 2. The molecule has 0 unspecified atom stereocenters. The standard InChI is InChI=1S/C16H11ClO3/c1-2-20-16-13(17)14(18)11-7-9-5-3-4-6-10(9)8-12(11)15(16)19/h3-8H,2H2,1H3. The molecule has 2 aromatic carbocycles. The first kappa shape index (κ1) is 12.9. The Morgan fingerprint density at radius 3 is 2.10 bits per heavy atom. The van der Waals surface area contributed by atoms with Crippen LogP contribution in [0.4, 0.5) is 0 Å². The Bertz CT molecular complexity index is 774. The number of Topliss-reactive ketones (excluding diaryl/α,β-unsaturated/α-hetero) is 2. The molecule has 0 aliphatic heterocycles. The second-order valence-electron chi connectivity index (χ2n) is 4.48. The van der Waals surface area contributed by atoms with Crippen LogP contribution in [0.1, 0.15) is 27.6 Å². The quantitative estimate of drug-likeness (QED) is 0.845. The van der Waals surface area contributed by atoms with Gasteiger partial charge in [0.2, 0.25) is 11.6 Å². The summed E-state index contributed by atoms with van der Waals surface area (Å²) < 4.78 is 5.22. The average Bonchev–Trinajstić information content (AvgIpc) is 2.48. The van der Waals surface area contributed by atoms with Crippen LogP contribution in [0.5, 0.6) is 0 Å². The van der Waals surface area contributed by atoms with Crippen LogP contribution in [-0.2, 0) is 4.74 Å². The molecule has 0 amide bonds. The van der Waals surface area contributed by atoms with Gasteiger partial charge >= 0.3 is 0 Å². The number of ether oxygens (including phenoxy) is 1. The van der Waals surface area contributed by atoms with Crippen molar-refractivity contribution in [1.29, 1.82) is 0 Å². The first-order chi connectivity index (χ1) is 9.63.